The third kappa shape index (κ3) is 10.1. The molecule has 0 heterocycles. The molecule has 2 rings (SSSR count). The molecule has 9 heteroatoms. The largest absolute Gasteiger partial charge is 0.573 e. The van der Waals surface area contributed by atoms with Gasteiger partial charge in [-0.2, -0.15) is 10.2 Å². The van der Waals surface area contributed by atoms with Gasteiger partial charge in [0.25, 0.3) is 0 Å². The molecule has 0 saturated heterocycles. The number of nitrogens with zero attached hydrogens (tertiary/aromatic N) is 2. The fourth-order valence-electron chi connectivity index (χ4n) is 2.47. The highest BCUT2D eigenvalue weighted by Crippen LogP contribution is 2.26. The van der Waals surface area contributed by atoms with E-state index in [4.69, 9.17) is 9.47 Å². The molecule has 2 aromatic rings. The second-order valence-electron chi connectivity index (χ2n) is 6.91. The smallest absolute Gasteiger partial charge is 0.494 e. The van der Waals surface area contributed by atoms with E-state index in [0.717, 1.165) is 25.7 Å². The summed E-state index contributed by atoms with van der Waals surface area (Å²) in [6.07, 6.45) is -1.14. The van der Waals surface area contributed by atoms with Gasteiger partial charge < -0.3 is 14.2 Å². The second-order valence-corrected chi connectivity index (χ2v) is 6.91. The number of rotatable bonds is 12. The Morgan fingerprint density at radius 3 is 1.84 bits per heavy atom. The Hall–Kier alpha value is -3.36. The van der Waals surface area contributed by atoms with Crippen molar-refractivity contribution in [2.45, 2.75) is 39.0 Å². The van der Waals surface area contributed by atoms with Crippen LogP contribution in [0.2, 0.25) is 0 Å². The van der Waals surface area contributed by atoms with E-state index >= 15 is 0 Å². The zero-order valence-electron chi connectivity index (χ0n) is 17.7. The number of unbranched alkanes of at least 4 members (excludes halogenated alkanes) is 3. The second kappa shape index (κ2) is 12.5. The SMILES string of the molecule is C=C(C)C(=O)OCCCCCCOc1ccc(N=Nc2ccc(OC(F)(F)F)cc2)cc1. The first-order chi connectivity index (χ1) is 15.2. The molecule has 0 saturated carbocycles. The molecule has 6 nitrogen and oxygen atoms in total. The van der Waals surface area contributed by atoms with Crippen LogP contribution >= 0.6 is 0 Å². The Morgan fingerprint density at radius 2 is 1.34 bits per heavy atom. The summed E-state index contributed by atoms with van der Waals surface area (Å²) in [7, 11) is 0. The maximum atomic E-state index is 12.2. The van der Waals surface area contributed by atoms with Crippen LogP contribution in [0.25, 0.3) is 0 Å². The summed E-state index contributed by atoms with van der Waals surface area (Å²) in [6, 6.07) is 12.1. The zero-order chi connectivity index (χ0) is 23.4. The Balaban J connectivity index is 1.65. The molecule has 0 radical (unpaired) electrons. The van der Waals surface area contributed by atoms with Crippen molar-refractivity contribution in [3.63, 3.8) is 0 Å². The summed E-state index contributed by atoms with van der Waals surface area (Å²) in [5.74, 6) is 0.0295. The van der Waals surface area contributed by atoms with E-state index < -0.39 is 6.36 Å². The average molecular weight is 450 g/mol. The number of ether oxygens (including phenoxy) is 3. The lowest BCUT2D eigenvalue weighted by atomic mass is 10.2. The molecule has 0 aliphatic rings. The van der Waals surface area contributed by atoms with Gasteiger partial charge in [0, 0.05) is 5.57 Å². The van der Waals surface area contributed by atoms with Crippen LogP contribution in [-0.2, 0) is 9.53 Å². The number of esters is 1. The lowest BCUT2D eigenvalue weighted by molar-refractivity contribution is -0.274. The topological polar surface area (TPSA) is 69.5 Å². The number of hydrogen-bond acceptors (Lipinski definition) is 6. The summed E-state index contributed by atoms with van der Waals surface area (Å²) in [4.78, 5) is 11.2. The van der Waals surface area contributed by atoms with E-state index in [1.165, 1.54) is 24.3 Å². The van der Waals surface area contributed by atoms with Crippen molar-refractivity contribution in [3.8, 4) is 11.5 Å². The van der Waals surface area contributed by atoms with Crippen LogP contribution in [0.1, 0.15) is 32.6 Å². The number of azo groups is 1. The van der Waals surface area contributed by atoms with Gasteiger partial charge in [0.1, 0.15) is 11.5 Å². The van der Waals surface area contributed by atoms with Crippen LogP contribution in [0.15, 0.2) is 70.9 Å². The minimum Gasteiger partial charge on any atom is -0.494 e. The number of benzene rings is 2. The molecular formula is C23H25F3N2O4. The lowest BCUT2D eigenvalue weighted by Gasteiger charge is -2.08. The van der Waals surface area contributed by atoms with Crippen molar-refractivity contribution in [1.82, 2.24) is 0 Å². The first kappa shape index (κ1) is 24.9. The van der Waals surface area contributed by atoms with Crippen LogP contribution in [0, 0.1) is 0 Å². The number of carbonyl (C=O) groups excluding carboxylic acids is 1. The third-order valence-electron chi connectivity index (χ3n) is 4.08. The minimum atomic E-state index is -4.73. The van der Waals surface area contributed by atoms with Crippen molar-refractivity contribution < 1.29 is 32.2 Å². The zero-order valence-corrected chi connectivity index (χ0v) is 17.7. The summed E-state index contributed by atoms with van der Waals surface area (Å²) in [5, 5.41) is 8.03. The number of halogens is 3. The van der Waals surface area contributed by atoms with Crippen molar-refractivity contribution >= 4 is 17.3 Å². The molecular weight excluding hydrogens is 425 g/mol. The quantitative estimate of drug-likeness (QED) is 0.150. The van der Waals surface area contributed by atoms with Gasteiger partial charge in [0.15, 0.2) is 0 Å². The van der Waals surface area contributed by atoms with Gasteiger partial charge >= 0.3 is 12.3 Å². The molecule has 0 amide bonds. The highest BCUT2D eigenvalue weighted by molar-refractivity contribution is 5.86. The highest BCUT2D eigenvalue weighted by Gasteiger charge is 2.30. The molecule has 0 aliphatic heterocycles. The Kier molecular flexibility index (Phi) is 9.72. The number of hydrogen-bond donors (Lipinski definition) is 0. The summed E-state index contributed by atoms with van der Waals surface area (Å²) >= 11 is 0. The minimum absolute atomic E-state index is 0.316. The first-order valence-electron chi connectivity index (χ1n) is 10.1. The molecule has 2 aromatic carbocycles. The van der Waals surface area contributed by atoms with Crippen molar-refractivity contribution in [1.29, 1.82) is 0 Å². The van der Waals surface area contributed by atoms with E-state index in [2.05, 4.69) is 21.5 Å². The van der Waals surface area contributed by atoms with Gasteiger partial charge in [0.05, 0.1) is 24.6 Å². The van der Waals surface area contributed by atoms with Gasteiger partial charge in [-0.25, -0.2) is 4.79 Å². The monoisotopic (exact) mass is 450 g/mol. The van der Waals surface area contributed by atoms with Crippen LogP contribution in [0.3, 0.4) is 0 Å². The molecule has 0 unspecified atom stereocenters. The van der Waals surface area contributed by atoms with E-state index in [1.54, 1.807) is 31.2 Å². The van der Waals surface area contributed by atoms with Crippen LogP contribution < -0.4 is 9.47 Å². The normalized spacial score (nSPS) is 11.4. The molecule has 172 valence electrons. The van der Waals surface area contributed by atoms with Crippen molar-refractivity contribution in [3.05, 3.63) is 60.7 Å². The van der Waals surface area contributed by atoms with Gasteiger partial charge in [-0.1, -0.05) is 6.58 Å². The molecule has 0 aromatic heterocycles. The fraction of sp³-hybridized carbons (Fsp3) is 0.348. The van der Waals surface area contributed by atoms with Crippen molar-refractivity contribution in [2.75, 3.05) is 13.2 Å². The average Bonchev–Trinajstić information content (AvgIpc) is 2.74. The predicted molar refractivity (Wildman–Crippen MR) is 113 cm³/mol. The standard InChI is InChI=1S/C23H25F3N2O4/c1-17(2)22(29)31-16-6-4-3-5-15-30-20-11-7-18(8-12-20)27-28-19-9-13-21(14-10-19)32-23(24,25)26/h7-14H,1,3-6,15-16H2,2H3. The first-order valence-corrected chi connectivity index (χ1v) is 10.1. The molecule has 0 bridgehead atoms. The molecule has 0 aliphatic carbocycles. The summed E-state index contributed by atoms with van der Waals surface area (Å²) in [6.45, 7) is 6.11. The highest BCUT2D eigenvalue weighted by atomic mass is 19.4. The summed E-state index contributed by atoms with van der Waals surface area (Å²) < 4.78 is 51.0. The molecule has 0 spiro atoms. The number of carbonyl (C=O) groups is 1. The Morgan fingerprint density at radius 1 is 0.844 bits per heavy atom. The van der Waals surface area contributed by atoms with Crippen LogP contribution in [0.4, 0.5) is 24.5 Å². The molecule has 0 fully saturated rings. The van der Waals surface area contributed by atoms with E-state index in [0.29, 0.717) is 35.9 Å². The van der Waals surface area contributed by atoms with Crippen molar-refractivity contribution in [2.24, 2.45) is 10.2 Å². The Labute approximate surface area is 184 Å². The van der Waals surface area contributed by atoms with E-state index in [-0.39, 0.29) is 11.7 Å². The number of alkyl halides is 3. The van der Waals surface area contributed by atoms with Gasteiger partial charge in [-0.3, -0.25) is 0 Å². The van der Waals surface area contributed by atoms with Crippen LogP contribution in [-0.4, -0.2) is 25.5 Å². The van der Waals surface area contributed by atoms with Crippen LogP contribution in [0.5, 0.6) is 11.5 Å². The van der Waals surface area contributed by atoms with E-state index in [9.17, 15) is 18.0 Å². The van der Waals surface area contributed by atoms with Gasteiger partial charge in [-0.15, -0.1) is 13.2 Å². The maximum Gasteiger partial charge on any atom is 0.573 e. The van der Waals surface area contributed by atoms with Gasteiger partial charge in [0.2, 0.25) is 0 Å². The maximum absolute atomic E-state index is 12.2. The lowest BCUT2D eigenvalue weighted by Crippen LogP contribution is -2.16. The fourth-order valence-corrected chi connectivity index (χ4v) is 2.47. The van der Waals surface area contributed by atoms with E-state index in [1.807, 2.05) is 0 Å². The summed E-state index contributed by atoms with van der Waals surface area (Å²) in [5.41, 5.74) is 1.38. The third-order valence-corrected chi connectivity index (χ3v) is 4.08. The molecule has 0 N–H and O–H groups in total. The Bertz CT molecular complexity index is 895. The molecule has 0 atom stereocenters. The van der Waals surface area contributed by atoms with Gasteiger partial charge in [-0.05, 0) is 81.1 Å². The molecule has 32 heavy (non-hydrogen) atoms. The predicted octanol–water partition coefficient (Wildman–Crippen LogP) is 7.06.